The first-order valence-electron chi connectivity index (χ1n) is 19.4. The standard InChI is InChI=1S/C53H37N5/c1-5-16-40(17-6-1)48-37-49(41-18-7-2-8-19-41)55-53(54-48)43-29-27-38(28-30-43)39-31-33-46(34-32-39)58(45-23-11-4-12-24-45)47-25-15-22-44(36-47)52-51(42-20-9-3-10-21-42)56-50-26-13-14-35-57(50)52/h1-37H. The van der Waals surface area contributed by atoms with Crippen LogP contribution in [0.2, 0.25) is 0 Å². The molecule has 0 saturated heterocycles. The number of hydrogen-bond acceptors (Lipinski definition) is 4. The number of pyridine rings is 1. The van der Waals surface area contributed by atoms with Crippen LogP contribution in [0.25, 0.3) is 73.2 Å². The van der Waals surface area contributed by atoms with Crippen molar-refractivity contribution in [2.45, 2.75) is 0 Å². The molecule has 0 bridgehead atoms. The van der Waals surface area contributed by atoms with E-state index in [2.05, 4.69) is 185 Å². The van der Waals surface area contributed by atoms with E-state index >= 15 is 0 Å². The third kappa shape index (κ3) is 6.82. The van der Waals surface area contributed by atoms with Crippen LogP contribution in [0.5, 0.6) is 0 Å². The van der Waals surface area contributed by atoms with Crippen molar-refractivity contribution < 1.29 is 0 Å². The third-order valence-corrected chi connectivity index (χ3v) is 10.4. The molecule has 0 aliphatic heterocycles. The minimum absolute atomic E-state index is 0.697. The molecular formula is C53H37N5. The Morgan fingerprint density at radius 2 is 0.810 bits per heavy atom. The molecule has 0 atom stereocenters. The van der Waals surface area contributed by atoms with Gasteiger partial charge in [-0.15, -0.1) is 0 Å². The molecule has 0 fully saturated rings. The maximum Gasteiger partial charge on any atom is 0.160 e. The topological polar surface area (TPSA) is 46.3 Å². The maximum absolute atomic E-state index is 5.09. The number of imidazole rings is 1. The van der Waals surface area contributed by atoms with Crippen LogP contribution in [0.15, 0.2) is 225 Å². The molecule has 0 spiro atoms. The SMILES string of the molecule is c1ccc(-c2cc(-c3ccccc3)nc(-c3ccc(-c4ccc(N(c5ccccc5)c5cccc(-c6c(-c7ccccc7)nc7ccccn67)c5)cc4)cc3)n2)cc1. The summed E-state index contributed by atoms with van der Waals surface area (Å²) in [4.78, 5) is 17.4. The Kier molecular flexibility index (Phi) is 9.14. The van der Waals surface area contributed by atoms with E-state index < -0.39 is 0 Å². The summed E-state index contributed by atoms with van der Waals surface area (Å²) in [6.07, 6.45) is 2.09. The number of anilines is 3. The molecule has 58 heavy (non-hydrogen) atoms. The van der Waals surface area contributed by atoms with Crippen molar-refractivity contribution in [3.63, 3.8) is 0 Å². The molecule has 0 aliphatic carbocycles. The predicted octanol–water partition coefficient (Wildman–Crippen LogP) is 13.6. The smallest absolute Gasteiger partial charge is 0.160 e. The molecular weight excluding hydrogens is 707 g/mol. The van der Waals surface area contributed by atoms with Crippen molar-refractivity contribution in [3.05, 3.63) is 225 Å². The number of nitrogens with zero attached hydrogens (tertiary/aromatic N) is 5. The Morgan fingerprint density at radius 1 is 0.328 bits per heavy atom. The fourth-order valence-electron chi connectivity index (χ4n) is 7.59. The highest BCUT2D eigenvalue weighted by Gasteiger charge is 2.19. The van der Waals surface area contributed by atoms with Gasteiger partial charge in [0.15, 0.2) is 5.82 Å². The van der Waals surface area contributed by atoms with E-state index in [1.54, 1.807) is 0 Å². The molecule has 0 unspecified atom stereocenters. The number of benzene rings is 7. The van der Waals surface area contributed by atoms with E-state index in [1.165, 1.54) is 0 Å². The van der Waals surface area contributed by atoms with Crippen LogP contribution in [-0.4, -0.2) is 19.4 Å². The number of hydrogen-bond donors (Lipinski definition) is 0. The molecule has 5 nitrogen and oxygen atoms in total. The Bertz CT molecular complexity index is 2900. The van der Waals surface area contributed by atoms with Crippen LogP contribution in [0, 0.1) is 0 Å². The van der Waals surface area contributed by atoms with Crippen LogP contribution in [0.1, 0.15) is 0 Å². The Balaban J connectivity index is 0.991. The van der Waals surface area contributed by atoms with E-state index in [9.17, 15) is 0 Å². The van der Waals surface area contributed by atoms with Gasteiger partial charge in [-0.1, -0.05) is 164 Å². The van der Waals surface area contributed by atoms with Gasteiger partial charge in [0.25, 0.3) is 0 Å². The van der Waals surface area contributed by atoms with Gasteiger partial charge in [-0.25, -0.2) is 15.0 Å². The molecule has 0 amide bonds. The van der Waals surface area contributed by atoms with Crippen molar-refractivity contribution in [3.8, 4) is 67.5 Å². The van der Waals surface area contributed by atoms with Gasteiger partial charge in [-0.05, 0) is 65.7 Å². The van der Waals surface area contributed by atoms with Crippen molar-refractivity contribution in [2.24, 2.45) is 0 Å². The number of rotatable bonds is 9. The van der Waals surface area contributed by atoms with Gasteiger partial charge in [0.2, 0.25) is 0 Å². The fourth-order valence-corrected chi connectivity index (χ4v) is 7.59. The van der Waals surface area contributed by atoms with Crippen LogP contribution in [-0.2, 0) is 0 Å². The first-order valence-corrected chi connectivity index (χ1v) is 19.4. The quantitative estimate of drug-likeness (QED) is 0.148. The zero-order valence-electron chi connectivity index (χ0n) is 31.6. The summed E-state index contributed by atoms with van der Waals surface area (Å²) in [5, 5.41) is 0. The lowest BCUT2D eigenvalue weighted by Gasteiger charge is -2.26. The molecule has 10 aromatic rings. The van der Waals surface area contributed by atoms with E-state index in [-0.39, 0.29) is 0 Å². The van der Waals surface area contributed by atoms with Gasteiger partial charge in [-0.3, -0.25) is 4.40 Å². The molecule has 0 saturated carbocycles. The lowest BCUT2D eigenvalue weighted by molar-refractivity contribution is 1.18. The van der Waals surface area contributed by atoms with E-state index in [0.717, 1.165) is 84.4 Å². The second-order valence-corrected chi connectivity index (χ2v) is 14.1. The molecule has 0 radical (unpaired) electrons. The van der Waals surface area contributed by atoms with Gasteiger partial charge in [0.05, 0.1) is 22.8 Å². The average Bonchev–Trinajstić information content (AvgIpc) is 3.71. The van der Waals surface area contributed by atoms with Crippen LogP contribution in [0.4, 0.5) is 17.1 Å². The zero-order valence-corrected chi connectivity index (χ0v) is 31.6. The summed E-state index contributed by atoms with van der Waals surface area (Å²) < 4.78 is 2.18. The molecule has 3 aromatic heterocycles. The summed E-state index contributed by atoms with van der Waals surface area (Å²) >= 11 is 0. The van der Waals surface area contributed by atoms with Crippen molar-refractivity contribution in [2.75, 3.05) is 4.90 Å². The Morgan fingerprint density at radius 3 is 1.43 bits per heavy atom. The largest absolute Gasteiger partial charge is 0.310 e. The molecule has 274 valence electrons. The Hall–Kier alpha value is -7.89. The van der Waals surface area contributed by atoms with E-state index in [0.29, 0.717) is 5.82 Å². The van der Waals surface area contributed by atoms with Gasteiger partial charge in [0, 0.05) is 51.1 Å². The van der Waals surface area contributed by atoms with Crippen LogP contribution >= 0.6 is 0 Å². The highest BCUT2D eigenvalue weighted by molar-refractivity contribution is 5.86. The second kappa shape index (κ2) is 15.3. The molecule has 3 heterocycles. The maximum atomic E-state index is 5.09. The minimum Gasteiger partial charge on any atom is -0.310 e. The lowest BCUT2D eigenvalue weighted by atomic mass is 10.0. The van der Waals surface area contributed by atoms with E-state index in [4.69, 9.17) is 15.0 Å². The monoisotopic (exact) mass is 743 g/mol. The second-order valence-electron chi connectivity index (χ2n) is 14.1. The highest BCUT2D eigenvalue weighted by Crippen LogP contribution is 2.40. The summed E-state index contributed by atoms with van der Waals surface area (Å²) in [6.45, 7) is 0. The van der Waals surface area contributed by atoms with Crippen LogP contribution in [0.3, 0.4) is 0 Å². The van der Waals surface area contributed by atoms with Crippen LogP contribution < -0.4 is 4.90 Å². The molecule has 0 aliphatic rings. The lowest BCUT2D eigenvalue weighted by Crippen LogP contribution is -2.10. The number of aromatic nitrogens is 4. The number of fused-ring (bicyclic) bond motifs is 1. The normalized spacial score (nSPS) is 11.1. The van der Waals surface area contributed by atoms with Gasteiger partial charge in [-0.2, -0.15) is 0 Å². The van der Waals surface area contributed by atoms with Crippen molar-refractivity contribution in [1.82, 2.24) is 19.4 Å². The summed E-state index contributed by atoms with van der Waals surface area (Å²) in [5.41, 5.74) is 15.4. The van der Waals surface area contributed by atoms with Crippen molar-refractivity contribution in [1.29, 1.82) is 0 Å². The van der Waals surface area contributed by atoms with Crippen molar-refractivity contribution >= 4 is 22.7 Å². The highest BCUT2D eigenvalue weighted by atomic mass is 15.1. The summed E-state index contributed by atoms with van der Waals surface area (Å²) in [7, 11) is 0. The minimum atomic E-state index is 0.697. The van der Waals surface area contributed by atoms with E-state index in [1.807, 2.05) is 48.5 Å². The molecule has 5 heteroatoms. The average molecular weight is 744 g/mol. The molecule has 7 aromatic carbocycles. The summed E-state index contributed by atoms with van der Waals surface area (Å²) in [5.74, 6) is 0.697. The predicted molar refractivity (Wildman–Crippen MR) is 238 cm³/mol. The third-order valence-electron chi connectivity index (χ3n) is 10.4. The first kappa shape index (κ1) is 34.6. The Labute approximate surface area is 337 Å². The van der Waals surface area contributed by atoms with Gasteiger partial charge >= 0.3 is 0 Å². The fraction of sp³-hybridized carbons (Fsp3) is 0. The summed E-state index contributed by atoms with van der Waals surface area (Å²) in [6, 6.07) is 75.8. The zero-order chi connectivity index (χ0) is 38.7. The van der Waals surface area contributed by atoms with Gasteiger partial charge < -0.3 is 4.90 Å². The number of para-hydroxylation sites is 1. The van der Waals surface area contributed by atoms with Gasteiger partial charge in [0.1, 0.15) is 5.65 Å². The molecule has 10 rings (SSSR count). The molecule has 0 N–H and O–H groups in total. The first-order chi connectivity index (χ1) is 28.7.